The second-order valence-corrected chi connectivity index (χ2v) is 7.29. The summed E-state index contributed by atoms with van der Waals surface area (Å²) in [5, 5.41) is 8.55. The number of rotatable bonds is 5. The van der Waals surface area contributed by atoms with Gasteiger partial charge in [-0.3, -0.25) is 9.80 Å². The molecule has 1 atom stereocenters. The highest BCUT2D eigenvalue weighted by Crippen LogP contribution is 2.25. The largest absolute Gasteiger partial charge is 0.419 e. The summed E-state index contributed by atoms with van der Waals surface area (Å²) in [4.78, 5) is 4.93. The maximum Gasteiger partial charge on any atom is 0.247 e. The number of nitrogens with zero attached hydrogens (tertiary/aromatic N) is 4. The van der Waals surface area contributed by atoms with Gasteiger partial charge in [-0.2, -0.15) is 0 Å². The Kier molecular flexibility index (Phi) is 5.32. The summed E-state index contributed by atoms with van der Waals surface area (Å²) >= 11 is 0. The van der Waals surface area contributed by atoms with Crippen LogP contribution >= 0.6 is 0 Å². The maximum atomic E-state index is 5.97. The van der Waals surface area contributed by atoms with Crippen molar-refractivity contribution in [2.24, 2.45) is 0 Å². The zero-order valence-electron chi connectivity index (χ0n) is 16.0. The van der Waals surface area contributed by atoms with E-state index in [2.05, 4.69) is 76.3 Å². The highest BCUT2D eigenvalue weighted by Gasteiger charge is 2.25. The van der Waals surface area contributed by atoms with E-state index in [0.29, 0.717) is 11.8 Å². The molecule has 4 rings (SSSR count). The molecule has 0 aliphatic carbocycles. The van der Waals surface area contributed by atoms with E-state index in [1.165, 1.54) is 11.1 Å². The summed E-state index contributed by atoms with van der Waals surface area (Å²) in [6.07, 6.45) is 0. The molecular weight excluding hydrogens is 336 g/mol. The minimum Gasteiger partial charge on any atom is -0.419 e. The van der Waals surface area contributed by atoms with Gasteiger partial charge in [0.2, 0.25) is 11.8 Å². The Morgan fingerprint density at radius 2 is 1.63 bits per heavy atom. The lowest BCUT2D eigenvalue weighted by molar-refractivity contribution is 0.0876. The van der Waals surface area contributed by atoms with Crippen molar-refractivity contribution in [3.8, 4) is 11.5 Å². The van der Waals surface area contributed by atoms with Crippen molar-refractivity contribution in [3.63, 3.8) is 0 Å². The van der Waals surface area contributed by atoms with E-state index < -0.39 is 0 Å². The lowest BCUT2D eigenvalue weighted by Crippen LogP contribution is -2.46. The quantitative estimate of drug-likeness (QED) is 0.688. The minimum atomic E-state index is 0.135. The molecule has 1 aliphatic heterocycles. The molecule has 1 aliphatic rings. The maximum absolute atomic E-state index is 5.97. The van der Waals surface area contributed by atoms with Crippen LogP contribution in [0.25, 0.3) is 11.5 Å². The molecule has 0 unspecified atom stereocenters. The summed E-state index contributed by atoms with van der Waals surface area (Å²) in [6, 6.07) is 19.0. The van der Waals surface area contributed by atoms with Gasteiger partial charge in [0, 0.05) is 38.3 Å². The zero-order chi connectivity index (χ0) is 18.6. The third-order valence-corrected chi connectivity index (χ3v) is 5.30. The summed E-state index contributed by atoms with van der Waals surface area (Å²) in [7, 11) is 0. The van der Waals surface area contributed by atoms with Crippen LogP contribution < -0.4 is 0 Å². The van der Waals surface area contributed by atoms with Gasteiger partial charge in [0.1, 0.15) is 0 Å². The smallest absolute Gasteiger partial charge is 0.247 e. The van der Waals surface area contributed by atoms with E-state index in [0.717, 1.165) is 38.3 Å². The van der Waals surface area contributed by atoms with Crippen molar-refractivity contribution in [1.29, 1.82) is 0 Å². The molecule has 1 fully saturated rings. The first kappa shape index (κ1) is 17.9. The van der Waals surface area contributed by atoms with Crippen LogP contribution in [0.2, 0.25) is 0 Å². The van der Waals surface area contributed by atoms with Crippen LogP contribution in [-0.4, -0.2) is 46.2 Å². The Bertz CT molecular complexity index is 852. The van der Waals surface area contributed by atoms with Crippen LogP contribution in [0.1, 0.15) is 30.0 Å². The molecule has 5 nitrogen and oxygen atoms in total. The van der Waals surface area contributed by atoms with E-state index >= 15 is 0 Å². The second-order valence-electron chi connectivity index (χ2n) is 7.29. The normalized spacial score (nSPS) is 17.1. The molecule has 0 spiro atoms. The van der Waals surface area contributed by atoms with Crippen LogP contribution in [-0.2, 0) is 6.54 Å². The topological polar surface area (TPSA) is 45.4 Å². The summed E-state index contributed by atoms with van der Waals surface area (Å²) in [6.45, 7) is 9.37. The Morgan fingerprint density at radius 3 is 2.33 bits per heavy atom. The van der Waals surface area contributed by atoms with Crippen molar-refractivity contribution in [2.45, 2.75) is 26.4 Å². The molecule has 0 radical (unpaired) electrons. The average Bonchev–Trinajstić information content (AvgIpc) is 3.20. The fraction of sp³-hybridized carbons (Fsp3) is 0.364. The predicted octanol–water partition coefficient (Wildman–Crippen LogP) is 3.92. The fourth-order valence-electron chi connectivity index (χ4n) is 3.52. The molecule has 1 aromatic heterocycles. The van der Waals surface area contributed by atoms with E-state index in [9.17, 15) is 0 Å². The van der Waals surface area contributed by atoms with Crippen molar-refractivity contribution in [2.75, 3.05) is 26.2 Å². The van der Waals surface area contributed by atoms with Crippen LogP contribution in [0, 0.1) is 6.92 Å². The van der Waals surface area contributed by atoms with Gasteiger partial charge in [-0.25, -0.2) is 0 Å². The van der Waals surface area contributed by atoms with E-state index in [1.54, 1.807) is 0 Å². The molecule has 2 heterocycles. The number of hydrogen-bond acceptors (Lipinski definition) is 5. The molecule has 5 heteroatoms. The average molecular weight is 362 g/mol. The predicted molar refractivity (Wildman–Crippen MR) is 106 cm³/mol. The van der Waals surface area contributed by atoms with Crippen molar-refractivity contribution in [1.82, 2.24) is 20.0 Å². The SMILES string of the molecule is Cc1ccc(-c2nnc([C@@H](C)N3CCN(Cc4ccccc4)CC3)o2)cc1. The monoisotopic (exact) mass is 362 g/mol. The molecule has 2 aromatic carbocycles. The molecule has 140 valence electrons. The zero-order valence-corrected chi connectivity index (χ0v) is 16.0. The summed E-state index contributed by atoms with van der Waals surface area (Å²) in [5.74, 6) is 1.29. The van der Waals surface area contributed by atoms with E-state index in [-0.39, 0.29) is 6.04 Å². The minimum absolute atomic E-state index is 0.135. The van der Waals surface area contributed by atoms with Gasteiger partial charge in [0.05, 0.1) is 6.04 Å². The standard InChI is InChI=1S/C22H26N4O/c1-17-8-10-20(11-9-17)22-24-23-21(27-22)18(2)26-14-12-25(13-15-26)16-19-6-4-3-5-7-19/h3-11,18H,12-16H2,1-2H3/t18-/m1/s1. The van der Waals surface area contributed by atoms with E-state index in [1.807, 2.05) is 12.1 Å². The first-order valence-corrected chi connectivity index (χ1v) is 9.60. The molecule has 0 amide bonds. The van der Waals surface area contributed by atoms with Gasteiger partial charge in [0.15, 0.2) is 0 Å². The summed E-state index contributed by atoms with van der Waals surface area (Å²) < 4.78 is 5.97. The molecule has 3 aromatic rings. The first-order valence-electron chi connectivity index (χ1n) is 9.60. The van der Waals surface area contributed by atoms with Gasteiger partial charge in [-0.1, -0.05) is 48.0 Å². The third kappa shape index (κ3) is 4.26. The van der Waals surface area contributed by atoms with Crippen LogP contribution in [0.4, 0.5) is 0 Å². The molecular formula is C22H26N4O. The van der Waals surface area contributed by atoms with Crippen molar-refractivity contribution >= 4 is 0 Å². The lowest BCUT2D eigenvalue weighted by atomic mass is 10.1. The van der Waals surface area contributed by atoms with Crippen LogP contribution in [0.5, 0.6) is 0 Å². The molecule has 0 saturated carbocycles. The van der Waals surface area contributed by atoms with Crippen molar-refractivity contribution < 1.29 is 4.42 Å². The Labute approximate surface area is 160 Å². The van der Waals surface area contributed by atoms with Gasteiger partial charge >= 0.3 is 0 Å². The summed E-state index contributed by atoms with van der Waals surface area (Å²) in [5.41, 5.74) is 3.57. The molecule has 27 heavy (non-hydrogen) atoms. The fourth-order valence-corrected chi connectivity index (χ4v) is 3.52. The molecule has 0 bridgehead atoms. The lowest BCUT2D eigenvalue weighted by Gasteiger charge is -2.36. The van der Waals surface area contributed by atoms with Crippen molar-refractivity contribution in [3.05, 3.63) is 71.6 Å². The van der Waals surface area contributed by atoms with Gasteiger partial charge < -0.3 is 4.42 Å². The van der Waals surface area contributed by atoms with Crippen LogP contribution in [0.15, 0.2) is 59.0 Å². The number of aryl methyl sites for hydroxylation is 1. The number of hydrogen-bond donors (Lipinski definition) is 0. The third-order valence-electron chi connectivity index (χ3n) is 5.30. The highest BCUT2D eigenvalue weighted by atomic mass is 16.4. The first-order chi connectivity index (χ1) is 13.2. The van der Waals surface area contributed by atoms with Gasteiger partial charge in [-0.15, -0.1) is 10.2 Å². The number of benzene rings is 2. The van der Waals surface area contributed by atoms with E-state index in [4.69, 9.17) is 4.42 Å². The Balaban J connectivity index is 1.35. The number of aromatic nitrogens is 2. The highest BCUT2D eigenvalue weighted by molar-refractivity contribution is 5.52. The Hall–Kier alpha value is -2.50. The number of piperazine rings is 1. The second kappa shape index (κ2) is 8.03. The molecule has 1 saturated heterocycles. The Morgan fingerprint density at radius 1 is 0.926 bits per heavy atom. The van der Waals surface area contributed by atoms with Gasteiger partial charge in [0.25, 0.3) is 0 Å². The van der Waals surface area contributed by atoms with Gasteiger partial charge in [-0.05, 0) is 31.5 Å². The molecule has 0 N–H and O–H groups in total. The van der Waals surface area contributed by atoms with Crippen LogP contribution in [0.3, 0.4) is 0 Å².